The van der Waals surface area contributed by atoms with E-state index in [2.05, 4.69) is 49.8 Å². The van der Waals surface area contributed by atoms with Crippen molar-refractivity contribution in [1.82, 2.24) is 10.3 Å². The first kappa shape index (κ1) is 16.8. The van der Waals surface area contributed by atoms with Crippen LogP contribution in [0.2, 0.25) is 0 Å². The fraction of sp³-hybridized carbons (Fsp3) is 0.714. The molecule has 0 saturated carbocycles. The van der Waals surface area contributed by atoms with Crippen LogP contribution >= 0.6 is 11.3 Å². The van der Waals surface area contributed by atoms with Crippen molar-refractivity contribution in [2.24, 2.45) is 5.41 Å². The average molecular weight is 298 g/mol. The number of nitrogens with two attached hydrogens (primary N) is 1. The van der Waals surface area contributed by atoms with Gasteiger partial charge in [0.05, 0.1) is 0 Å². The predicted molar refractivity (Wildman–Crippen MR) is 86.5 cm³/mol. The molecule has 0 unspecified atom stereocenters. The summed E-state index contributed by atoms with van der Waals surface area (Å²) < 4.78 is 0. The Kier molecular flexibility index (Phi) is 5.80. The minimum atomic E-state index is -0.125. The second kappa shape index (κ2) is 6.92. The summed E-state index contributed by atoms with van der Waals surface area (Å²) in [6.07, 6.45) is 1.01. The molecular weight excluding hydrogens is 272 g/mol. The number of carbonyl (C=O) groups excluding carboxylic acids is 1. The zero-order chi connectivity index (χ0) is 15.3. The molecule has 1 amide bonds. The SMILES string of the molecule is CCN(CC)c1nc(N)c(C(=O)NCC(C)(C)CC)s1. The van der Waals surface area contributed by atoms with Crippen molar-refractivity contribution in [3.8, 4) is 0 Å². The van der Waals surface area contributed by atoms with Crippen LogP contribution in [0.5, 0.6) is 0 Å². The number of nitrogen functional groups attached to an aromatic ring is 1. The molecule has 3 N–H and O–H groups in total. The lowest BCUT2D eigenvalue weighted by Gasteiger charge is -2.22. The summed E-state index contributed by atoms with van der Waals surface area (Å²) in [5, 5.41) is 3.76. The van der Waals surface area contributed by atoms with Gasteiger partial charge in [-0.05, 0) is 25.7 Å². The molecule has 1 heterocycles. The van der Waals surface area contributed by atoms with Gasteiger partial charge in [-0.25, -0.2) is 4.98 Å². The second-order valence-corrected chi connectivity index (χ2v) is 6.56. The molecule has 0 radical (unpaired) electrons. The van der Waals surface area contributed by atoms with Crippen molar-refractivity contribution >= 4 is 28.2 Å². The zero-order valence-corrected chi connectivity index (χ0v) is 13.9. The number of nitrogens with zero attached hydrogens (tertiary/aromatic N) is 2. The molecule has 0 fully saturated rings. The summed E-state index contributed by atoms with van der Waals surface area (Å²) in [4.78, 5) is 19.1. The minimum Gasteiger partial charge on any atom is -0.382 e. The Morgan fingerprint density at radius 2 is 1.95 bits per heavy atom. The maximum Gasteiger partial charge on any atom is 0.265 e. The molecule has 114 valence electrons. The molecule has 0 spiro atoms. The van der Waals surface area contributed by atoms with Crippen LogP contribution in [-0.2, 0) is 0 Å². The lowest BCUT2D eigenvalue weighted by molar-refractivity contribution is 0.0940. The standard InChI is InChI=1S/C14H26N4OS/c1-6-14(4,5)9-16-12(19)10-11(15)17-13(20-10)18(7-2)8-3/h6-9,15H2,1-5H3,(H,16,19). The van der Waals surface area contributed by atoms with Crippen LogP contribution in [0.3, 0.4) is 0 Å². The molecule has 5 nitrogen and oxygen atoms in total. The van der Waals surface area contributed by atoms with Crippen molar-refractivity contribution in [2.45, 2.75) is 41.0 Å². The van der Waals surface area contributed by atoms with E-state index >= 15 is 0 Å². The van der Waals surface area contributed by atoms with Gasteiger partial charge in [0.2, 0.25) is 0 Å². The molecule has 0 aliphatic rings. The number of hydrogen-bond donors (Lipinski definition) is 2. The van der Waals surface area contributed by atoms with Crippen LogP contribution < -0.4 is 16.0 Å². The van der Waals surface area contributed by atoms with E-state index in [-0.39, 0.29) is 11.3 Å². The highest BCUT2D eigenvalue weighted by atomic mass is 32.1. The smallest absolute Gasteiger partial charge is 0.265 e. The van der Waals surface area contributed by atoms with Crippen LogP contribution in [0.15, 0.2) is 0 Å². The molecule has 20 heavy (non-hydrogen) atoms. The van der Waals surface area contributed by atoms with Crippen LogP contribution in [0, 0.1) is 5.41 Å². The van der Waals surface area contributed by atoms with Crippen LogP contribution in [-0.4, -0.2) is 30.5 Å². The molecule has 0 aliphatic carbocycles. The Morgan fingerprint density at radius 1 is 1.35 bits per heavy atom. The van der Waals surface area contributed by atoms with Gasteiger partial charge in [-0.15, -0.1) is 0 Å². The Hall–Kier alpha value is -1.30. The van der Waals surface area contributed by atoms with Crippen molar-refractivity contribution in [3.63, 3.8) is 0 Å². The fourth-order valence-electron chi connectivity index (χ4n) is 1.64. The van der Waals surface area contributed by atoms with Crippen molar-refractivity contribution in [1.29, 1.82) is 0 Å². The third-order valence-corrected chi connectivity index (χ3v) is 4.70. The lowest BCUT2D eigenvalue weighted by atomic mass is 9.90. The van der Waals surface area contributed by atoms with Gasteiger partial charge in [0.1, 0.15) is 10.7 Å². The monoisotopic (exact) mass is 298 g/mol. The highest BCUT2D eigenvalue weighted by Gasteiger charge is 2.21. The molecule has 0 aliphatic heterocycles. The van der Waals surface area contributed by atoms with Gasteiger partial charge in [0.25, 0.3) is 5.91 Å². The Labute approximate surface area is 125 Å². The Bertz CT molecular complexity index is 452. The first-order valence-electron chi connectivity index (χ1n) is 7.14. The van der Waals surface area contributed by atoms with Gasteiger partial charge < -0.3 is 16.0 Å². The maximum absolute atomic E-state index is 12.2. The number of hydrogen-bond acceptors (Lipinski definition) is 5. The van der Waals surface area contributed by atoms with Crippen molar-refractivity contribution in [3.05, 3.63) is 4.88 Å². The number of aromatic nitrogens is 1. The summed E-state index contributed by atoms with van der Waals surface area (Å²) in [6.45, 7) is 12.8. The minimum absolute atomic E-state index is 0.0941. The van der Waals surface area contributed by atoms with Crippen LogP contribution in [0.25, 0.3) is 0 Å². The van der Waals surface area contributed by atoms with E-state index in [1.165, 1.54) is 11.3 Å². The van der Waals surface area contributed by atoms with Gasteiger partial charge in [-0.1, -0.05) is 32.1 Å². The summed E-state index contributed by atoms with van der Waals surface area (Å²) >= 11 is 1.36. The van der Waals surface area contributed by atoms with E-state index in [1.54, 1.807) is 0 Å². The van der Waals surface area contributed by atoms with E-state index in [9.17, 15) is 4.79 Å². The van der Waals surface area contributed by atoms with Crippen LogP contribution in [0.4, 0.5) is 10.9 Å². The number of carbonyl (C=O) groups is 1. The first-order chi connectivity index (χ1) is 9.34. The fourth-order valence-corrected chi connectivity index (χ4v) is 2.67. The average Bonchev–Trinajstić information content (AvgIpc) is 2.80. The second-order valence-electron chi connectivity index (χ2n) is 5.58. The molecule has 0 bridgehead atoms. The van der Waals surface area contributed by atoms with E-state index in [0.717, 1.165) is 24.6 Å². The molecule has 0 atom stereocenters. The van der Waals surface area contributed by atoms with Gasteiger partial charge >= 0.3 is 0 Å². The molecule has 0 saturated heterocycles. The lowest BCUT2D eigenvalue weighted by Crippen LogP contribution is -2.33. The summed E-state index contributed by atoms with van der Waals surface area (Å²) in [7, 11) is 0. The molecule has 1 aromatic rings. The summed E-state index contributed by atoms with van der Waals surface area (Å²) in [6, 6.07) is 0. The van der Waals surface area contributed by atoms with E-state index < -0.39 is 0 Å². The third-order valence-electron chi connectivity index (χ3n) is 3.57. The van der Waals surface area contributed by atoms with Crippen molar-refractivity contribution < 1.29 is 4.79 Å². The van der Waals surface area contributed by atoms with E-state index in [4.69, 9.17) is 5.73 Å². The quantitative estimate of drug-likeness (QED) is 0.812. The van der Waals surface area contributed by atoms with Gasteiger partial charge in [0, 0.05) is 19.6 Å². The molecule has 0 aromatic carbocycles. The Morgan fingerprint density at radius 3 is 2.45 bits per heavy atom. The van der Waals surface area contributed by atoms with E-state index in [1.807, 2.05) is 0 Å². The maximum atomic E-state index is 12.2. The molecular formula is C14H26N4OS. The number of anilines is 2. The zero-order valence-electron chi connectivity index (χ0n) is 13.1. The number of nitrogens with one attached hydrogen (secondary N) is 1. The van der Waals surface area contributed by atoms with Gasteiger partial charge in [-0.2, -0.15) is 0 Å². The highest BCUT2D eigenvalue weighted by molar-refractivity contribution is 7.18. The summed E-state index contributed by atoms with van der Waals surface area (Å²) in [5.74, 6) is 0.198. The van der Waals surface area contributed by atoms with Crippen LogP contribution in [0.1, 0.15) is 50.7 Å². The first-order valence-corrected chi connectivity index (χ1v) is 7.95. The molecule has 6 heteroatoms. The highest BCUT2D eigenvalue weighted by Crippen LogP contribution is 2.28. The largest absolute Gasteiger partial charge is 0.382 e. The predicted octanol–water partition coefficient (Wildman–Crippen LogP) is 2.74. The molecule has 1 aromatic heterocycles. The van der Waals surface area contributed by atoms with Gasteiger partial charge in [0.15, 0.2) is 5.13 Å². The third kappa shape index (κ3) is 4.10. The van der Waals surface area contributed by atoms with E-state index in [0.29, 0.717) is 17.2 Å². The topological polar surface area (TPSA) is 71.2 Å². The van der Waals surface area contributed by atoms with Crippen molar-refractivity contribution in [2.75, 3.05) is 30.3 Å². The number of rotatable bonds is 7. The molecule has 1 rings (SSSR count). The number of thiazole rings is 1. The van der Waals surface area contributed by atoms with Gasteiger partial charge in [-0.3, -0.25) is 4.79 Å². The summed E-state index contributed by atoms with van der Waals surface area (Å²) in [5.41, 5.74) is 5.97. The Balaban J connectivity index is 2.79. The normalized spacial score (nSPS) is 11.4. The number of amides is 1.